The summed E-state index contributed by atoms with van der Waals surface area (Å²) < 4.78 is 32.5. The number of halogens is 1. The molecule has 2 aliphatic rings. The van der Waals surface area contributed by atoms with Crippen molar-refractivity contribution >= 4 is 11.6 Å². The highest BCUT2D eigenvalue weighted by atomic mass is 19.1. The molecule has 0 spiro atoms. The molecule has 1 fully saturated rings. The molecule has 36 heavy (non-hydrogen) atoms. The number of rotatable bonds is 9. The van der Waals surface area contributed by atoms with Crippen LogP contribution in [0.3, 0.4) is 0 Å². The molecule has 10 heteroatoms. The van der Waals surface area contributed by atoms with Crippen LogP contribution in [-0.4, -0.2) is 77.0 Å². The van der Waals surface area contributed by atoms with Crippen molar-refractivity contribution in [3.05, 3.63) is 53.0 Å². The van der Waals surface area contributed by atoms with Crippen molar-refractivity contribution in [1.82, 2.24) is 24.5 Å². The highest BCUT2D eigenvalue weighted by molar-refractivity contribution is 5.77. The summed E-state index contributed by atoms with van der Waals surface area (Å²) in [5, 5.41) is 8.54. The van der Waals surface area contributed by atoms with E-state index in [0.717, 1.165) is 54.0 Å². The van der Waals surface area contributed by atoms with Gasteiger partial charge in [0.05, 0.1) is 19.8 Å². The summed E-state index contributed by atoms with van der Waals surface area (Å²) in [7, 11) is 1.61. The summed E-state index contributed by atoms with van der Waals surface area (Å²) in [5.74, 6) is 1.63. The molecular weight excluding hydrogens is 465 g/mol. The average Bonchev–Trinajstić information content (AvgIpc) is 3.51. The van der Waals surface area contributed by atoms with Crippen LogP contribution in [0, 0.1) is 5.82 Å². The van der Waals surface area contributed by atoms with Crippen LogP contribution in [0.5, 0.6) is 5.75 Å². The van der Waals surface area contributed by atoms with E-state index in [1.54, 1.807) is 19.5 Å². The fourth-order valence-electron chi connectivity index (χ4n) is 5.23. The Labute approximate surface area is 209 Å². The number of aryl methyl sites for hydroxylation is 1. The first-order chi connectivity index (χ1) is 17.7. The lowest BCUT2D eigenvalue weighted by atomic mass is 9.93. The molecule has 1 amide bonds. The molecule has 3 aromatic rings. The van der Waals surface area contributed by atoms with Crippen LogP contribution in [-0.2, 0) is 33.5 Å². The van der Waals surface area contributed by atoms with E-state index in [4.69, 9.17) is 19.2 Å². The van der Waals surface area contributed by atoms with E-state index < -0.39 is 0 Å². The van der Waals surface area contributed by atoms with Gasteiger partial charge in [-0.1, -0.05) is 0 Å². The van der Waals surface area contributed by atoms with Crippen molar-refractivity contribution in [1.29, 1.82) is 0 Å². The number of amides is 1. The Morgan fingerprint density at radius 2 is 2.14 bits per heavy atom. The summed E-state index contributed by atoms with van der Waals surface area (Å²) in [6.07, 6.45) is 8.08. The van der Waals surface area contributed by atoms with Gasteiger partial charge in [0, 0.05) is 50.4 Å². The molecule has 4 heterocycles. The molecule has 0 radical (unpaired) electrons. The van der Waals surface area contributed by atoms with Crippen molar-refractivity contribution in [2.75, 3.05) is 46.6 Å². The molecule has 0 saturated carbocycles. The highest BCUT2D eigenvalue weighted by Gasteiger charge is 2.25. The number of carbonyl (C=O) groups is 1. The van der Waals surface area contributed by atoms with Crippen LogP contribution >= 0.6 is 0 Å². The summed E-state index contributed by atoms with van der Waals surface area (Å²) in [6, 6.07) is 3.19. The lowest BCUT2D eigenvalue weighted by Gasteiger charge is -2.21. The van der Waals surface area contributed by atoms with Crippen molar-refractivity contribution in [3.63, 3.8) is 0 Å². The molecule has 5 rings (SSSR count). The third-order valence-electron chi connectivity index (χ3n) is 7.15. The smallest absolute Gasteiger partial charge is 0.248 e. The number of aromatic nitrogens is 4. The normalized spacial score (nSPS) is 17.7. The summed E-state index contributed by atoms with van der Waals surface area (Å²) in [5.41, 5.74) is 3.50. The molecule has 9 nitrogen and oxygen atoms in total. The van der Waals surface area contributed by atoms with E-state index in [-0.39, 0.29) is 24.2 Å². The molecule has 192 valence electrons. The van der Waals surface area contributed by atoms with Crippen molar-refractivity contribution in [2.24, 2.45) is 0 Å². The van der Waals surface area contributed by atoms with E-state index >= 15 is 0 Å². The number of hydrogen-bond acceptors (Lipinski definition) is 7. The molecular formula is C26H32FN5O4. The summed E-state index contributed by atoms with van der Waals surface area (Å²) >= 11 is 0. The predicted molar refractivity (Wildman–Crippen MR) is 130 cm³/mol. The first kappa shape index (κ1) is 24.6. The number of benzene rings is 1. The molecule has 1 aromatic carbocycles. The van der Waals surface area contributed by atoms with E-state index in [1.807, 2.05) is 15.5 Å². The molecule has 0 bridgehead atoms. The van der Waals surface area contributed by atoms with Crippen LogP contribution < -0.4 is 4.74 Å². The molecule has 2 aliphatic heterocycles. The predicted octanol–water partition coefficient (Wildman–Crippen LogP) is 2.74. The second-order valence-electron chi connectivity index (χ2n) is 9.31. The molecule has 1 saturated heterocycles. The zero-order valence-corrected chi connectivity index (χ0v) is 20.6. The maximum Gasteiger partial charge on any atom is 0.248 e. The number of hydrogen-bond donors (Lipinski definition) is 0. The quantitative estimate of drug-likeness (QED) is 0.420. The van der Waals surface area contributed by atoms with Gasteiger partial charge in [-0.3, -0.25) is 9.20 Å². The second-order valence-corrected chi connectivity index (χ2v) is 9.31. The highest BCUT2D eigenvalue weighted by Crippen LogP contribution is 2.32. The Hall–Kier alpha value is -3.11. The number of carbonyl (C=O) groups excluding carboxylic acids is 1. The standard InChI is InChI=1S/C26H32FN5O4/c1-34-13-14-35-16-25(33)31-10-2-3-18(8-11-31)21-15-28-24(32-17-29-30-26(21)32)7-4-19-20-9-12-36-23(20)6-5-22(19)27/h5-6,15,17-18H,2-4,7-14,16H2,1H3. The van der Waals surface area contributed by atoms with Gasteiger partial charge in [-0.2, -0.15) is 0 Å². The van der Waals surface area contributed by atoms with E-state index in [9.17, 15) is 9.18 Å². The number of nitrogens with zero attached hydrogens (tertiary/aromatic N) is 5. The van der Waals surface area contributed by atoms with E-state index in [1.165, 1.54) is 6.07 Å². The first-order valence-corrected chi connectivity index (χ1v) is 12.6. The molecule has 0 aliphatic carbocycles. The maximum atomic E-state index is 14.6. The van der Waals surface area contributed by atoms with Gasteiger partial charge in [-0.25, -0.2) is 9.37 Å². The molecule has 2 aromatic heterocycles. The number of fused-ring (bicyclic) bond motifs is 2. The molecule has 1 unspecified atom stereocenters. The second kappa shape index (κ2) is 11.3. The van der Waals surface area contributed by atoms with Gasteiger partial charge in [0.15, 0.2) is 5.65 Å². The average molecular weight is 498 g/mol. The largest absolute Gasteiger partial charge is 0.493 e. The third kappa shape index (κ3) is 5.19. The fraction of sp³-hybridized carbons (Fsp3) is 0.538. The van der Waals surface area contributed by atoms with Crippen LogP contribution in [0.4, 0.5) is 4.39 Å². The first-order valence-electron chi connectivity index (χ1n) is 12.6. The Morgan fingerprint density at radius 1 is 1.22 bits per heavy atom. The summed E-state index contributed by atoms with van der Waals surface area (Å²) in [4.78, 5) is 19.2. The zero-order chi connectivity index (χ0) is 24.9. The van der Waals surface area contributed by atoms with Crippen molar-refractivity contribution < 1.29 is 23.4 Å². The van der Waals surface area contributed by atoms with Gasteiger partial charge < -0.3 is 19.1 Å². The lowest BCUT2D eigenvalue weighted by molar-refractivity contribution is -0.136. The monoisotopic (exact) mass is 497 g/mol. The minimum absolute atomic E-state index is 0.0119. The van der Waals surface area contributed by atoms with Gasteiger partial charge >= 0.3 is 0 Å². The van der Waals surface area contributed by atoms with Gasteiger partial charge in [-0.15, -0.1) is 10.2 Å². The minimum atomic E-state index is -0.197. The van der Waals surface area contributed by atoms with Gasteiger partial charge in [0.1, 0.15) is 30.3 Å². The Balaban J connectivity index is 1.26. The Kier molecular flexibility index (Phi) is 7.72. The number of likely N-dealkylation sites (tertiary alicyclic amines) is 1. The molecule has 1 atom stereocenters. The Bertz CT molecular complexity index is 1220. The number of methoxy groups -OCH3 is 1. The van der Waals surface area contributed by atoms with Crippen LogP contribution in [0.1, 0.15) is 47.7 Å². The van der Waals surface area contributed by atoms with Crippen LogP contribution in [0.15, 0.2) is 24.7 Å². The number of ether oxygens (including phenoxy) is 3. The van der Waals surface area contributed by atoms with E-state index in [2.05, 4.69) is 10.2 Å². The van der Waals surface area contributed by atoms with Crippen LogP contribution in [0.2, 0.25) is 0 Å². The topological polar surface area (TPSA) is 91.1 Å². The van der Waals surface area contributed by atoms with Crippen LogP contribution in [0.25, 0.3) is 5.65 Å². The van der Waals surface area contributed by atoms with Crippen molar-refractivity contribution in [3.8, 4) is 5.75 Å². The van der Waals surface area contributed by atoms with E-state index in [0.29, 0.717) is 51.3 Å². The SMILES string of the molecule is COCCOCC(=O)N1CCCC(c2cnc(CCc3c(F)ccc4c3CCO4)n3cnnc23)CC1. The van der Waals surface area contributed by atoms with Gasteiger partial charge in [0.2, 0.25) is 5.91 Å². The van der Waals surface area contributed by atoms with Gasteiger partial charge in [0.25, 0.3) is 0 Å². The minimum Gasteiger partial charge on any atom is -0.493 e. The zero-order valence-electron chi connectivity index (χ0n) is 20.6. The summed E-state index contributed by atoms with van der Waals surface area (Å²) in [6.45, 7) is 2.95. The van der Waals surface area contributed by atoms with Gasteiger partial charge in [-0.05, 0) is 49.3 Å². The van der Waals surface area contributed by atoms with Crippen molar-refractivity contribution in [2.45, 2.75) is 44.4 Å². The maximum absolute atomic E-state index is 14.6. The lowest BCUT2D eigenvalue weighted by Crippen LogP contribution is -2.35. The Morgan fingerprint density at radius 3 is 3.03 bits per heavy atom. The third-order valence-corrected chi connectivity index (χ3v) is 7.15. The molecule has 0 N–H and O–H groups in total. The fourth-order valence-corrected chi connectivity index (χ4v) is 5.23.